The van der Waals surface area contributed by atoms with Crippen LogP contribution in [-0.2, 0) is 0 Å². The van der Waals surface area contributed by atoms with E-state index in [1.54, 1.807) is 6.20 Å². The van der Waals surface area contributed by atoms with E-state index in [1.807, 2.05) is 12.1 Å². The zero-order chi connectivity index (χ0) is 12.7. The third-order valence-corrected chi connectivity index (χ3v) is 3.29. The molecule has 1 aromatic carbocycles. The molecule has 2 N–H and O–H groups in total. The van der Waals surface area contributed by atoms with Crippen molar-refractivity contribution in [2.24, 2.45) is 0 Å². The third kappa shape index (κ3) is 1.48. The first-order valence-corrected chi connectivity index (χ1v) is 5.97. The first-order chi connectivity index (χ1) is 8.68. The summed E-state index contributed by atoms with van der Waals surface area (Å²) in [6, 6.07) is 12.2. The second-order valence-electron chi connectivity index (χ2n) is 4.52. The predicted octanol–water partition coefficient (Wildman–Crippen LogP) is 3.22. The van der Waals surface area contributed by atoms with Crippen LogP contribution in [0, 0.1) is 13.8 Å². The Kier molecular flexibility index (Phi) is 2.33. The van der Waals surface area contributed by atoms with Crippen LogP contribution in [0.1, 0.15) is 11.4 Å². The van der Waals surface area contributed by atoms with Gasteiger partial charge in [-0.25, -0.2) is 0 Å². The molecule has 0 atom stereocenters. The Bertz CT molecular complexity index is 706. The highest BCUT2D eigenvalue weighted by molar-refractivity contribution is 5.95. The van der Waals surface area contributed by atoms with Gasteiger partial charge in [0, 0.05) is 23.0 Å². The minimum Gasteiger partial charge on any atom is -0.397 e. The quantitative estimate of drug-likeness (QED) is 0.660. The molecular formula is C15H15N3. The van der Waals surface area contributed by atoms with Gasteiger partial charge in [-0.15, -0.1) is 0 Å². The maximum absolute atomic E-state index is 5.98. The molecule has 0 aliphatic carbocycles. The fourth-order valence-corrected chi connectivity index (χ4v) is 2.42. The molecule has 0 saturated carbocycles. The van der Waals surface area contributed by atoms with Gasteiger partial charge < -0.3 is 10.3 Å². The molecule has 0 aliphatic rings. The number of nitrogens with two attached hydrogens (primary N) is 1. The summed E-state index contributed by atoms with van der Waals surface area (Å²) in [7, 11) is 0. The molecule has 0 unspecified atom stereocenters. The summed E-state index contributed by atoms with van der Waals surface area (Å²) < 4.78 is 2.23. The van der Waals surface area contributed by atoms with E-state index in [0.717, 1.165) is 22.3 Å². The van der Waals surface area contributed by atoms with E-state index < -0.39 is 0 Å². The van der Waals surface area contributed by atoms with Gasteiger partial charge in [-0.1, -0.05) is 0 Å². The molecule has 2 aromatic heterocycles. The molecule has 0 saturated heterocycles. The largest absolute Gasteiger partial charge is 0.397 e. The molecule has 0 fully saturated rings. The highest BCUT2D eigenvalue weighted by Gasteiger charge is 2.09. The van der Waals surface area contributed by atoms with Crippen LogP contribution in [0.15, 0.2) is 42.6 Å². The van der Waals surface area contributed by atoms with E-state index in [2.05, 4.69) is 47.7 Å². The standard InChI is InChI=1S/C15H15N3/c1-10-5-6-11(2)18(10)14-8-7-13(16)15-12(14)4-3-9-17-15/h3-9H,16H2,1-2H3. The topological polar surface area (TPSA) is 43.8 Å². The summed E-state index contributed by atoms with van der Waals surface area (Å²) in [5.41, 5.74) is 11.1. The highest BCUT2D eigenvalue weighted by atomic mass is 15.0. The maximum Gasteiger partial charge on any atom is 0.0952 e. The molecular weight excluding hydrogens is 222 g/mol. The molecule has 0 amide bonds. The fraction of sp³-hybridized carbons (Fsp3) is 0.133. The summed E-state index contributed by atoms with van der Waals surface area (Å²) in [6.07, 6.45) is 1.78. The maximum atomic E-state index is 5.98. The van der Waals surface area contributed by atoms with Crippen molar-refractivity contribution in [1.29, 1.82) is 0 Å². The number of hydrogen-bond acceptors (Lipinski definition) is 2. The number of pyridine rings is 1. The summed E-state index contributed by atoms with van der Waals surface area (Å²) >= 11 is 0. The molecule has 3 rings (SSSR count). The van der Waals surface area contributed by atoms with Gasteiger partial charge in [-0.05, 0) is 50.2 Å². The number of aromatic nitrogens is 2. The van der Waals surface area contributed by atoms with Crippen molar-refractivity contribution in [3.8, 4) is 5.69 Å². The van der Waals surface area contributed by atoms with Crippen molar-refractivity contribution in [1.82, 2.24) is 9.55 Å². The van der Waals surface area contributed by atoms with E-state index >= 15 is 0 Å². The fourth-order valence-electron chi connectivity index (χ4n) is 2.42. The molecule has 90 valence electrons. The Balaban J connectivity index is 2.41. The van der Waals surface area contributed by atoms with Crippen LogP contribution in [0.25, 0.3) is 16.6 Å². The van der Waals surface area contributed by atoms with Gasteiger partial charge >= 0.3 is 0 Å². The van der Waals surface area contributed by atoms with Crippen LogP contribution in [0.4, 0.5) is 5.69 Å². The van der Waals surface area contributed by atoms with Gasteiger partial charge in [0.2, 0.25) is 0 Å². The van der Waals surface area contributed by atoms with Crippen LogP contribution in [-0.4, -0.2) is 9.55 Å². The van der Waals surface area contributed by atoms with Crippen molar-refractivity contribution in [3.63, 3.8) is 0 Å². The average molecular weight is 237 g/mol. The van der Waals surface area contributed by atoms with Crippen LogP contribution < -0.4 is 5.73 Å². The lowest BCUT2D eigenvalue weighted by Gasteiger charge is -2.13. The molecule has 0 spiro atoms. The average Bonchev–Trinajstić information content (AvgIpc) is 2.71. The minimum atomic E-state index is 0.719. The van der Waals surface area contributed by atoms with Crippen LogP contribution in [0.5, 0.6) is 0 Å². The molecule has 3 heteroatoms. The van der Waals surface area contributed by atoms with E-state index in [4.69, 9.17) is 5.73 Å². The van der Waals surface area contributed by atoms with Crippen molar-refractivity contribution in [2.75, 3.05) is 5.73 Å². The lowest BCUT2D eigenvalue weighted by molar-refractivity contribution is 0.974. The second-order valence-corrected chi connectivity index (χ2v) is 4.52. The Morgan fingerprint density at radius 2 is 1.72 bits per heavy atom. The first-order valence-electron chi connectivity index (χ1n) is 5.97. The monoisotopic (exact) mass is 237 g/mol. The number of rotatable bonds is 1. The lowest BCUT2D eigenvalue weighted by Crippen LogP contribution is -2.01. The molecule has 2 heterocycles. The van der Waals surface area contributed by atoms with Crippen molar-refractivity contribution < 1.29 is 0 Å². The molecule has 3 nitrogen and oxygen atoms in total. The first kappa shape index (κ1) is 10.8. The van der Waals surface area contributed by atoms with Gasteiger partial charge in [-0.3, -0.25) is 4.98 Å². The Labute approximate surface area is 106 Å². The van der Waals surface area contributed by atoms with Gasteiger partial charge in [0.05, 0.1) is 16.9 Å². The van der Waals surface area contributed by atoms with Gasteiger partial charge in [-0.2, -0.15) is 0 Å². The van der Waals surface area contributed by atoms with Gasteiger partial charge in [0.15, 0.2) is 0 Å². The molecule has 0 radical (unpaired) electrons. The molecule has 0 aliphatic heterocycles. The van der Waals surface area contributed by atoms with E-state index in [0.29, 0.717) is 0 Å². The number of aryl methyl sites for hydroxylation is 2. The van der Waals surface area contributed by atoms with Gasteiger partial charge in [0.25, 0.3) is 0 Å². The number of anilines is 1. The van der Waals surface area contributed by atoms with Crippen LogP contribution in [0.2, 0.25) is 0 Å². The number of fused-ring (bicyclic) bond motifs is 1. The molecule has 3 aromatic rings. The summed E-state index contributed by atoms with van der Waals surface area (Å²) in [6.45, 7) is 4.21. The zero-order valence-electron chi connectivity index (χ0n) is 10.5. The Morgan fingerprint density at radius 3 is 2.44 bits per heavy atom. The highest BCUT2D eigenvalue weighted by Crippen LogP contribution is 2.27. The summed E-state index contributed by atoms with van der Waals surface area (Å²) in [4.78, 5) is 4.37. The number of nitrogens with zero attached hydrogens (tertiary/aromatic N) is 2. The smallest absolute Gasteiger partial charge is 0.0952 e. The van der Waals surface area contributed by atoms with Crippen molar-refractivity contribution in [3.05, 3.63) is 54.0 Å². The van der Waals surface area contributed by atoms with E-state index in [-0.39, 0.29) is 0 Å². The predicted molar refractivity (Wildman–Crippen MR) is 75.0 cm³/mol. The Hall–Kier alpha value is -2.29. The Morgan fingerprint density at radius 1 is 1.00 bits per heavy atom. The SMILES string of the molecule is Cc1ccc(C)n1-c1ccc(N)c2ncccc12. The minimum absolute atomic E-state index is 0.719. The van der Waals surface area contributed by atoms with Crippen LogP contribution in [0.3, 0.4) is 0 Å². The molecule has 0 bridgehead atoms. The van der Waals surface area contributed by atoms with Crippen LogP contribution >= 0.6 is 0 Å². The number of nitrogen functional groups attached to an aromatic ring is 1. The van der Waals surface area contributed by atoms with E-state index in [1.165, 1.54) is 11.4 Å². The zero-order valence-corrected chi connectivity index (χ0v) is 10.5. The number of hydrogen-bond donors (Lipinski definition) is 1. The molecule has 18 heavy (non-hydrogen) atoms. The summed E-state index contributed by atoms with van der Waals surface area (Å²) in [5, 5.41) is 1.08. The van der Waals surface area contributed by atoms with Crippen molar-refractivity contribution in [2.45, 2.75) is 13.8 Å². The second kappa shape index (κ2) is 3.88. The lowest BCUT2D eigenvalue weighted by atomic mass is 10.1. The van der Waals surface area contributed by atoms with Crippen molar-refractivity contribution >= 4 is 16.6 Å². The van der Waals surface area contributed by atoms with E-state index in [9.17, 15) is 0 Å². The number of benzene rings is 1. The third-order valence-electron chi connectivity index (χ3n) is 3.29. The normalized spacial score (nSPS) is 11.0. The summed E-state index contributed by atoms with van der Waals surface area (Å²) in [5.74, 6) is 0. The van der Waals surface area contributed by atoms with Gasteiger partial charge in [0.1, 0.15) is 0 Å².